The molecule has 2 N–H and O–H groups in total. The van der Waals surface area contributed by atoms with Crippen molar-refractivity contribution in [3.05, 3.63) is 30.3 Å². The molecular weight excluding hydrogens is 196 g/mol. The number of aromatic nitrogens is 2. The van der Waals surface area contributed by atoms with Gasteiger partial charge in [-0.2, -0.15) is 0 Å². The molecule has 2 aromatic rings. The van der Waals surface area contributed by atoms with Crippen LogP contribution in [0.3, 0.4) is 0 Å². The lowest BCUT2D eigenvalue weighted by Crippen LogP contribution is -2.24. The van der Waals surface area contributed by atoms with Gasteiger partial charge >= 0.3 is 0 Å². The molecule has 72 valence electrons. The maximum absolute atomic E-state index is 5.55. The van der Waals surface area contributed by atoms with Crippen molar-refractivity contribution in [3.63, 3.8) is 0 Å². The van der Waals surface area contributed by atoms with Crippen LogP contribution in [0.2, 0.25) is 0 Å². The third kappa shape index (κ3) is 1.73. The molecule has 1 heterocycles. The van der Waals surface area contributed by atoms with Crippen molar-refractivity contribution in [1.82, 2.24) is 10.2 Å². The lowest BCUT2D eigenvalue weighted by atomic mass is 10.2. The first-order valence-electron chi connectivity index (χ1n) is 4.15. The molecule has 0 saturated heterocycles. The van der Waals surface area contributed by atoms with Gasteiger partial charge < -0.3 is 0 Å². The van der Waals surface area contributed by atoms with Crippen molar-refractivity contribution in [2.75, 3.05) is 12.1 Å². The molecule has 2 rings (SSSR count). The molecule has 1 aromatic carbocycles. The summed E-state index contributed by atoms with van der Waals surface area (Å²) >= 11 is 1.47. The van der Waals surface area contributed by atoms with Crippen LogP contribution in [0.1, 0.15) is 0 Å². The van der Waals surface area contributed by atoms with E-state index >= 15 is 0 Å². The van der Waals surface area contributed by atoms with E-state index in [4.69, 9.17) is 5.84 Å². The van der Waals surface area contributed by atoms with E-state index < -0.39 is 0 Å². The Kier molecular flexibility index (Phi) is 2.43. The van der Waals surface area contributed by atoms with Gasteiger partial charge in [-0.25, -0.2) is 5.84 Å². The van der Waals surface area contributed by atoms with Crippen LogP contribution in [-0.2, 0) is 0 Å². The fourth-order valence-corrected chi connectivity index (χ4v) is 1.79. The lowest BCUT2D eigenvalue weighted by molar-refractivity contribution is 0.960. The predicted octanol–water partition coefficient (Wildman–Crippen LogP) is 1.52. The third-order valence-corrected chi connectivity index (χ3v) is 2.80. The van der Waals surface area contributed by atoms with E-state index in [1.165, 1.54) is 16.3 Å². The van der Waals surface area contributed by atoms with E-state index in [1.54, 1.807) is 7.05 Å². The molecule has 0 unspecified atom stereocenters. The average molecular weight is 206 g/mol. The number of nitrogens with zero attached hydrogens (tertiary/aromatic N) is 3. The summed E-state index contributed by atoms with van der Waals surface area (Å²) in [5, 5.41) is 11.1. The van der Waals surface area contributed by atoms with Gasteiger partial charge in [0.1, 0.15) is 5.01 Å². The monoisotopic (exact) mass is 206 g/mol. The standard InChI is InChI=1S/C9H10N4S/c1-13(10)9-12-11-8(14-9)7-5-3-2-4-6-7/h2-6H,10H2,1H3. The molecule has 0 spiro atoms. The van der Waals surface area contributed by atoms with Gasteiger partial charge in [-0.05, 0) is 0 Å². The maximum atomic E-state index is 5.55. The first-order chi connectivity index (χ1) is 6.77. The van der Waals surface area contributed by atoms with E-state index in [0.29, 0.717) is 5.13 Å². The second-order valence-electron chi connectivity index (χ2n) is 2.87. The highest BCUT2D eigenvalue weighted by Gasteiger charge is 2.06. The van der Waals surface area contributed by atoms with Gasteiger partial charge in [0.05, 0.1) is 0 Å². The molecule has 0 aliphatic heterocycles. The Bertz CT molecular complexity index is 410. The van der Waals surface area contributed by atoms with Crippen LogP contribution >= 0.6 is 11.3 Å². The minimum Gasteiger partial charge on any atom is -0.288 e. The molecule has 0 fully saturated rings. The molecule has 0 bridgehead atoms. The summed E-state index contributed by atoms with van der Waals surface area (Å²) in [4.78, 5) is 0. The fourth-order valence-electron chi connectivity index (χ4n) is 1.06. The van der Waals surface area contributed by atoms with Gasteiger partial charge in [0.2, 0.25) is 5.13 Å². The van der Waals surface area contributed by atoms with Gasteiger partial charge in [0, 0.05) is 12.6 Å². The zero-order chi connectivity index (χ0) is 9.97. The lowest BCUT2D eigenvalue weighted by Gasteiger charge is -2.03. The Labute approximate surface area is 86.0 Å². The molecule has 1 aromatic heterocycles. The van der Waals surface area contributed by atoms with E-state index in [0.717, 1.165) is 10.6 Å². The topological polar surface area (TPSA) is 55.0 Å². The first-order valence-corrected chi connectivity index (χ1v) is 4.96. The van der Waals surface area contributed by atoms with Crippen molar-refractivity contribution < 1.29 is 0 Å². The van der Waals surface area contributed by atoms with Gasteiger partial charge in [-0.15, -0.1) is 10.2 Å². The summed E-state index contributed by atoms with van der Waals surface area (Å²) < 4.78 is 0. The van der Waals surface area contributed by atoms with Gasteiger partial charge in [-0.3, -0.25) is 5.01 Å². The molecular formula is C9H10N4S. The summed E-state index contributed by atoms with van der Waals surface area (Å²) in [7, 11) is 1.75. The summed E-state index contributed by atoms with van der Waals surface area (Å²) in [6.45, 7) is 0. The minimum absolute atomic E-state index is 0.712. The minimum atomic E-state index is 0.712. The van der Waals surface area contributed by atoms with E-state index in [2.05, 4.69) is 10.2 Å². The second kappa shape index (κ2) is 3.73. The predicted molar refractivity (Wildman–Crippen MR) is 57.9 cm³/mol. The van der Waals surface area contributed by atoms with Crippen LogP contribution in [0.15, 0.2) is 30.3 Å². The molecule has 0 atom stereocenters. The van der Waals surface area contributed by atoms with Crippen LogP contribution in [0, 0.1) is 0 Å². The first kappa shape index (κ1) is 9.11. The molecule has 14 heavy (non-hydrogen) atoms. The normalized spacial score (nSPS) is 10.1. The van der Waals surface area contributed by atoms with Crippen LogP contribution in [-0.4, -0.2) is 17.2 Å². The molecule has 0 radical (unpaired) electrons. The SMILES string of the molecule is CN(N)c1nnc(-c2ccccc2)s1. The van der Waals surface area contributed by atoms with Gasteiger partial charge in [-0.1, -0.05) is 41.7 Å². The van der Waals surface area contributed by atoms with E-state index in [-0.39, 0.29) is 0 Å². The van der Waals surface area contributed by atoms with Gasteiger partial charge in [0.25, 0.3) is 0 Å². The zero-order valence-electron chi connectivity index (χ0n) is 7.71. The molecule has 4 nitrogen and oxygen atoms in total. The summed E-state index contributed by atoms with van der Waals surface area (Å²) in [6, 6.07) is 9.92. The Morgan fingerprint density at radius 2 is 1.93 bits per heavy atom. The van der Waals surface area contributed by atoms with Crippen LogP contribution in [0.25, 0.3) is 10.6 Å². The molecule has 0 aliphatic rings. The molecule has 0 amide bonds. The molecule has 0 saturated carbocycles. The Hall–Kier alpha value is -1.46. The number of anilines is 1. The highest BCUT2D eigenvalue weighted by Crippen LogP contribution is 2.26. The van der Waals surface area contributed by atoms with Crippen molar-refractivity contribution in [3.8, 4) is 10.6 Å². The highest BCUT2D eigenvalue weighted by molar-refractivity contribution is 7.18. The number of nitrogens with two attached hydrogens (primary N) is 1. The van der Waals surface area contributed by atoms with Crippen molar-refractivity contribution in [1.29, 1.82) is 0 Å². The molecule has 0 aliphatic carbocycles. The summed E-state index contributed by atoms with van der Waals surface area (Å²) in [6.07, 6.45) is 0. The number of hydrazine groups is 1. The Morgan fingerprint density at radius 3 is 2.50 bits per heavy atom. The Morgan fingerprint density at radius 1 is 1.21 bits per heavy atom. The fraction of sp³-hybridized carbons (Fsp3) is 0.111. The van der Waals surface area contributed by atoms with Crippen LogP contribution in [0.5, 0.6) is 0 Å². The summed E-state index contributed by atoms with van der Waals surface area (Å²) in [5.74, 6) is 5.55. The smallest absolute Gasteiger partial charge is 0.222 e. The number of hydrogen-bond acceptors (Lipinski definition) is 5. The number of benzene rings is 1. The second-order valence-corrected chi connectivity index (χ2v) is 3.82. The summed E-state index contributed by atoms with van der Waals surface area (Å²) in [5.41, 5.74) is 1.07. The van der Waals surface area contributed by atoms with E-state index in [1.807, 2.05) is 30.3 Å². The molecule has 5 heteroatoms. The quantitative estimate of drug-likeness (QED) is 0.598. The number of rotatable bonds is 2. The van der Waals surface area contributed by atoms with Crippen LogP contribution in [0.4, 0.5) is 5.13 Å². The maximum Gasteiger partial charge on any atom is 0.222 e. The van der Waals surface area contributed by atoms with Crippen molar-refractivity contribution in [2.45, 2.75) is 0 Å². The van der Waals surface area contributed by atoms with Crippen molar-refractivity contribution >= 4 is 16.5 Å². The zero-order valence-corrected chi connectivity index (χ0v) is 8.53. The van der Waals surface area contributed by atoms with Crippen LogP contribution < -0.4 is 10.9 Å². The number of hydrogen-bond donors (Lipinski definition) is 1. The largest absolute Gasteiger partial charge is 0.288 e. The Balaban J connectivity index is 2.34. The van der Waals surface area contributed by atoms with Gasteiger partial charge in [0.15, 0.2) is 0 Å². The average Bonchev–Trinajstić information content (AvgIpc) is 2.68. The van der Waals surface area contributed by atoms with Crippen molar-refractivity contribution in [2.24, 2.45) is 5.84 Å². The highest BCUT2D eigenvalue weighted by atomic mass is 32.1. The third-order valence-electron chi connectivity index (χ3n) is 1.74. The van der Waals surface area contributed by atoms with E-state index in [9.17, 15) is 0 Å².